The fraction of sp³-hybridized carbons (Fsp3) is 0.857. The molecular formula is C14H27N3O2. The Balaban J connectivity index is 2.32. The van der Waals surface area contributed by atoms with Crippen molar-refractivity contribution in [3.8, 4) is 0 Å². The van der Waals surface area contributed by atoms with Crippen LogP contribution < -0.4 is 10.6 Å². The number of carbonyl (C=O) groups is 2. The quantitative estimate of drug-likeness (QED) is 0.814. The van der Waals surface area contributed by atoms with Gasteiger partial charge < -0.3 is 15.5 Å². The van der Waals surface area contributed by atoms with Crippen molar-refractivity contribution >= 4 is 11.9 Å². The summed E-state index contributed by atoms with van der Waals surface area (Å²) >= 11 is 0. The van der Waals surface area contributed by atoms with E-state index in [-0.39, 0.29) is 23.9 Å². The number of carbonyl (C=O) groups excluding carboxylic acids is 2. The second kappa shape index (κ2) is 7.36. The van der Waals surface area contributed by atoms with E-state index in [0.29, 0.717) is 19.0 Å². The molecule has 0 atom stereocenters. The van der Waals surface area contributed by atoms with Crippen LogP contribution >= 0.6 is 0 Å². The van der Waals surface area contributed by atoms with Gasteiger partial charge in [-0.05, 0) is 32.6 Å². The average Bonchev–Trinajstić information content (AvgIpc) is 2.35. The number of nitrogens with one attached hydrogen (secondary N) is 2. The molecule has 5 nitrogen and oxygen atoms in total. The van der Waals surface area contributed by atoms with Gasteiger partial charge in [-0.15, -0.1) is 0 Å². The molecule has 0 bridgehead atoms. The van der Waals surface area contributed by atoms with Gasteiger partial charge in [-0.2, -0.15) is 0 Å². The highest BCUT2D eigenvalue weighted by Gasteiger charge is 2.27. The van der Waals surface area contributed by atoms with Crippen LogP contribution in [0.4, 0.5) is 4.79 Å². The molecule has 5 heteroatoms. The van der Waals surface area contributed by atoms with E-state index < -0.39 is 0 Å². The van der Waals surface area contributed by atoms with Crippen LogP contribution in [0.1, 0.15) is 40.5 Å². The van der Waals surface area contributed by atoms with Gasteiger partial charge in [0.05, 0.1) is 0 Å². The molecule has 3 amide bonds. The maximum Gasteiger partial charge on any atom is 0.317 e. The summed E-state index contributed by atoms with van der Waals surface area (Å²) in [6, 6.07) is 0.135. The topological polar surface area (TPSA) is 61.4 Å². The highest BCUT2D eigenvalue weighted by Crippen LogP contribution is 2.17. The zero-order chi connectivity index (χ0) is 14.4. The van der Waals surface area contributed by atoms with Gasteiger partial charge in [0.15, 0.2) is 0 Å². The third kappa shape index (κ3) is 5.49. The van der Waals surface area contributed by atoms with Crippen LogP contribution in [0.5, 0.6) is 0 Å². The predicted molar refractivity (Wildman–Crippen MR) is 75.8 cm³/mol. The van der Waals surface area contributed by atoms with Gasteiger partial charge in [-0.3, -0.25) is 4.79 Å². The predicted octanol–water partition coefficient (Wildman–Crippen LogP) is 1.59. The Labute approximate surface area is 116 Å². The Morgan fingerprint density at radius 2 is 1.74 bits per heavy atom. The van der Waals surface area contributed by atoms with Gasteiger partial charge in [-0.1, -0.05) is 13.8 Å². The second-order valence-corrected chi connectivity index (χ2v) is 6.00. The maximum atomic E-state index is 11.9. The number of urea groups is 1. The Hall–Kier alpha value is -1.26. The van der Waals surface area contributed by atoms with Gasteiger partial charge in [0.2, 0.25) is 5.91 Å². The summed E-state index contributed by atoms with van der Waals surface area (Å²) in [6.07, 6.45) is 1.52. The van der Waals surface area contributed by atoms with Crippen LogP contribution in [0.25, 0.3) is 0 Å². The summed E-state index contributed by atoms with van der Waals surface area (Å²) in [5, 5.41) is 5.85. The molecule has 2 N–H and O–H groups in total. The van der Waals surface area contributed by atoms with Crippen molar-refractivity contribution in [1.29, 1.82) is 0 Å². The minimum absolute atomic E-state index is 0.0176. The van der Waals surface area contributed by atoms with Gasteiger partial charge in [-0.25, -0.2) is 4.79 Å². The van der Waals surface area contributed by atoms with Crippen molar-refractivity contribution in [1.82, 2.24) is 15.5 Å². The van der Waals surface area contributed by atoms with Crippen LogP contribution in [0.15, 0.2) is 0 Å². The van der Waals surface area contributed by atoms with E-state index in [0.717, 1.165) is 19.4 Å². The second-order valence-electron chi connectivity index (χ2n) is 6.00. The molecule has 0 aliphatic carbocycles. The van der Waals surface area contributed by atoms with Crippen molar-refractivity contribution in [3.63, 3.8) is 0 Å². The number of rotatable bonds is 4. The van der Waals surface area contributed by atoms with E-state index >= 15 is 0 Å². The van der Waals surface area contributed by atoms with Gasteiger partial charge in [0, 0.05) is 31.6 Å². The Morgan fingerprint density at radius 1 is 1.16 bits per heavy atom. The summed E-state index contributed by atoms with van der Waals surface area (Å²) in [7, 11) is 0. The lowest BCUT2D eigenvalue weighted by atomic mass is 9.96. The van der Waals surface area contributed by atoms with Crippen LogP contribution in [0, 0.1) is 11.8 Å². The van der Waals surface area contributed by atoms with Crippen LogP contribution in [0.3, 0.4) is 0 Å². The van der Waals surface area contributed by atoms with Gasteiger partial charge in [0.1, 0.15) is 0 Å². The summed E-state index contributed by atoms with van der Waals surface area (Å²) in [5.74, 6) is 0.667. The number of hydrogen-bond donors (Lipinski definition) is 2. The first-order valence-electron chi connectivity index (χ1n) is 7.23. The van der Waals surface area contributed by atoms with Crippen LogP contribution in [-0.2, 0) is 4.79 Å². The van der Waals surface area contributed by atoms with Crippen LogP contribution in [0.2, 0.25) is 0 Å². The molecule has 110 valence electrons. The Morgan fingerprint density at radius 3 is 2.21 bits per heavy atom. The van der Waals surface area contributed by atoms with E-state index in [9.17, 15) is 9.59 Å². The number of piperidine rings is 1. The highest BCUT2D eigenvalue weighted by molar-refractivity contribution is 5.79. The number of hydrogen-bond acceptors (Lipinski definition) is 2. The number of amides is 3. The lowest BCUT2D eigenvalue weighted by Gasteiger charge is -2.32. The monoisotopic (exact) mass is 269 g/mol. The fourth-order valence-corrected chi connectivity index (χ4v) is 2.13. The smallest absolute Gasteiger partial charge is 0.317 e. The lowest BCUT2D eigenvalue weighted by molar-refractivity contribution is -0.126. The first kappa shape index (κ1) is 15.8. The average molecular weight is 269 g/mol. The molecule has 0 unspecified atom stereocenters. The first-order chi connectivity index (χ1) is 8.90. The molecule has 1 heterocycles. The lowest BCUT2D eigenvalue weighted by Crippen LogP contribution is -2.48. The molecule has 0 aromatic carbocycles. The number of likely N-dealkylation sites (tertiary alicyclic amines) is 1. The normalized spacial score (nSPS) is 16.8. The third-order valence-electron chi connectivity index (χ3n) is 3.25. The fourth-order valence-electron chi connectivity index (χ4n) is 2.13. The number of nitrogens with zero attached hydrogens (tertiary/aromatic N) is 1. The molecule has 1 aliphatic rings. The molecule has 19 heavy (non-hydrogen) atoms. The Kier molecular flexibility index (Phi) is 6.12. The minimum atomic E-state index is -0.0176. The molecule has 0 aromatic heterocycles. The summed E-state index contributed by atoms with van der Waals surface area (Å²) in [6.45, 7) is 10.1. The first-order valence-corrected chi connectivity index (χ1v) is 7.23. The summed E-state index contributed by atoms with van der Waals surface area (Å²) in [4.78, 5) is 25.5. The summed E-state index contributed by atoms with van der Waals surface area (Å²) < 4.78 is 0. The van der Waals surface area contributed by atoms with E-state index in [1.165, 1.54) is 0 Å². The molecule has 1 aliphatic heterocycles. The molecule has 0 spiro atoms. The third-order valence-corrected chi connectivity index (χ3v) is 3.25. The molecule has 1 rings (SSSR count). The SMILES string of the molecule is CC(C)CNC(=O)C1CCN(C(=O)NC(C)C)CC1. The van der Waals surface area contributed by atoms with Crippen molar-refractivity contribution in [2.75, 3.05) is 19.6 Å². The van der Waals surface area contributed by atoms with Crippen LogP contribution in [-0.4, -0.2) is 42.5 Å². The van der Waals surface area contributed by atoms with E-state index in [4.69, 9.17) is 0 Å². The zero-order valence-corrected chi connectivity index (χ0v) is 12.5. The van der Waals surface area contributed by atoms with E-state index in [2.05, 4.69) is 24.5 Å². The molecule has 0 radical (unpaired) electrons. The largest absolute Gasteiger partial charge is 0.356 e. The maximum absolute atomic E-state index is 11.9. The molecular weight excluding hydrogens is 242 g/mol. The zero-order valence-electron chi connectivity index (χ0n) is 12.5. The van der Waals surface area contributed by atoms with Gasteiger partial charge >= 0.3 is 6.03 Å². The highest BCUT2D eigenvalue weighted by atomic mass is 16.2. The molecule has 1 saturated heterocycles. The minimum Gasteiger partial charge on any atom is -0.356 e. The molecule has 0 aromatic rings. The molecule has 0 saturated carbocycles. The van der Waals surface area contributed by atoms with Crippen molar-refractivity contribution < 1.29 is 9.59 Å². The Bertz CT molecular complexity index is 308. The van der Waals surface area contributed by atoms with Crippen molar-refractivity contribution in [2.24, 2.45) is 11.8 Å². The summed E-state index contributed by atoms with van der Waals surface area (Å²) in [5.41, 5.74) is 0. The van der Waals surface area contributed by atoms with E-state index in [1.807, 2.05) is 13.8 Å². The van der Waals surface area contributed by atoms with Gasteiger partial charge in [0.25, 0.3) is 0 Å². The molecule has 1 fully saturated rings. The van der Waals surface area contributed by atoms with E-state index in [1.54, 1.807) is 4.90 Å². The standard InChI is InChI=1S/C14H27N3O2/c1-10(2)9-15-13(18)12-5-7-17(8-6-12)14(19)16-11(3)4/h10-12H,5-9H2,1-4H3,(H,15,18)(H,16,19). The van der Waals surface area contributed by atoms with Crippen molar-refractivity contribution in [3.05, 3.63) is 0 Å². The van der Waals surface area contributed by atoms with Crippen molar-refractivity contribution in [2.45, 2.75) is 46.6 Å².